The van der Waals surface area contributed by atoms with Crippen molar-refractivity contribution < 1.29 is 8.78 Å². The van der Waals surface area contributed by atoms with Crippen LogP contribution < -0.4 is 4.90 Å². The van der Waals surface area contributed by atoms with Gasteiger partial charge >= 0.3 is 0 Å². The molecule has 1 aliphatic rings. The van der Waals surface area contributed by atoms with Gasteiger partial charge in [0.05, 0.1) is 0 Å². The molecule has 0 amide bonds. The molecule has 0 aliphatic carbocycles. The van der Waals surface area contributed by atoms with Crippen LogP contribution in [-0.4, -0.2) is 12.4 Å². The fraction of sp³-hybridized carbons (Fsp3) is 0.300. The van der Waals surface area contributed by atoms with E-state index in [0.29, 0.717) is 13.0 Å². The summed E-state index contributed by atoms with van der Waals surface area (Å²) in [6.45, 7) is 0.524. The van der Waals surface area contributed by atoms with Crippen molar-refractivity contribution in [1.29, 1.82) is 5.41 Å². The van der Waals surface area contributed by atoms with E-state index >= 15 is 0 Å². The largest absolute Gasteiger partial charge is 0.325 e. The SMILES string of the molecule is N=C1CCCN1c1c(F)cccc1F. The fourth-order valence-corrected chi connectivity index (χ4v) is 1.67. The molecule has 74 valence electrons. The van der Waals surface area contributed by atoms with Crippen LogP contribution in [0.15, 0.2) is 18.2 Å². The lowest BCUT2D eigenvalue weighted by Gasteiger charge is -2.18. The molecule has 2 nitrogen and oxygen atoms in total. The second kappa shape index (κ2) is 3.36. The van der Waals surface area contributed by atoms with Gasteiger partial charge in [-0.3, -0.25) is 5.41 Å². The number of rotatable bonds is 1. The molecule has 0 spiro atoms. The highest BCUT2D eigenvalue weighted by atomic mass is 19.1. The molecular formula is C10H10F2N2. The average Bonchev–Trinajstić information content (AvgIpc) is 2.52. The number of hydrogen-bond donors (Lipinski definition) is 1. The maximum Gasteiger partial charge on any atom is 0.149 e. The first-order chi connectivity index (χ1) is 6.70. The predicted octanol–water partition coefficient (Wildman–Crippen LogP) is 2.54. The highest BCUT2D eigenvalue weighted by molar-refractivity contribution is 5.97. The van der Waals surface area contributed by atoms with E-state index in [0.717, 1.165) is 6.42 Å². The monoisotopic (exact) mass is 196 g/mol. The molecule has 0 aromatic heterocycles. The van der Waals surface area contributed by atoms with Crippen LogP contribution in [-0.2, 0) is 0 Å². The van der Waals surface area contributed by atoms with Crippen LogP contribution in [0.2, 0.25) is 0 Å². The lowest BCUT2D eigenvalue weighted by molar-refractivity contribution is 0.583. The molecule has 0 radical (unpaired) electrons. The number of hydrogen-bond acceptors (Lipinski definition) is 1. The van der Waals surface area contributed by atoms with Crippen molar-refractivity contribution in [1.82, 2.24) is 0 Å². The summed E-state index contributed by atoms with van der Waals surface area (Å²) in [5.41, 5.74) is -0.0880. The van der Waals surface area contributed by atoms with Crippen molar-refractivity contribution in [2.75, 3.05) is 11.4 Å². The van der Waals surface area contributed by atoms with Crippen molar-refractivity contribution in [2.45, 2.75) is 12.8 Å². The fourth-order valence-electron chi connectivity index (χ4n) is 1.67. The first-order valence-corrected chi connectivity index (χ1v) is 4.49. The molecule has 0 saturated carbocycles. The van der Waals surface area contributed by atoms with E-state index < -0.39 is 11.6 Å². The molecule has 1 aromatic carbocycles. The number of nitrogens with one attached hydrogen (secondary N) is 1. The summed E-state index contributed by atoms with van der Waals surface area (Å²) in [6, 6.07) is 3.75. The van der Waals surface area contributed by atoms with Crippen molar-refractivity contribution in [2.24, 2.45) is 0 Å². The quantitative estimate of drug-likeness (QED) is 0.734. The Hall–Kier alpha value is -1.45. The molecule has 1 N–H and O–H groups in total. The summed E-state index contributed by atoms with van der Waals surface area (Å²) in [6.07, 6.45) is 1.38. The summed E-state index contributed by atoms with van der Waals surface area (Å²) < 4.78 is 26.6. The summed E-state index contributed by atoms with van der Waals surface area (Å²) >= 11 is 0. The minimum absolute atomic E-state index is 0.0880. The summed E-state index contributed by atoms with van der Waals surface area (Å²) in [4.78, 5) is 1.39. The molecular weight excluding hydrogens is 186 g/mol. The standard InChI is InChI=1S/C10H10F2N2/c11-7-3-1-4-8(12)10(7)14-6-2-5-9(14)13/h1,3-4,13H,2,5-6H2. The molecule has 1 fully saturated rings. The second-order valence-electron chi connectivity index (χ2n) is 3.27. The number of para-hydroxylation sites is 1. The van der Waals surface area contributed by atoms with Gasteiger partial charge < -0.3 is 4.90 Å². The van der Waals surface area contributed by atoms with Gasteiger partial charge in [-0.1, -0.05) is 6.07 Å². The number of benzene rings is 1. The third-order valence-corrected chi connectivity index (χ3v) is 2.33. The van der Waals surface area contributed by atoms with E-state index in [1.807, 2.05) is 0 Å². The number of halogens is 2. The third-order valence-electron chi connectivity index (χ3n) is 2.33. The van der Waals surface area contributed by atoms with E-state index in [9.17, 15) is 8.78 Å². The summed E-state index contributed by atoms with van der Waals surface area (Å²) in [7, 11) is 0. The summed E-state index contributed by atoms with van der Waals surface area (Å²) in [5, 5.41) is 7.53. The van der Waals surface area contributed by atoms with Crippen molar-refractivity contribution in [3.8, 4) is 0 Å². The van der Waals surface area contributed by atoms with Gasteiger partial charge in [-0.15, -0.1) is 0 Å². The first-order valence-electron chi connectivity index (χ1n) is 4.49. The lowest BCUT2D eigenvalue weighted by atomic mass is 10.2. The van der Waals surface area contributed by atoms with E-state index in [-0.39, 0.29) is 11.5 Å². The molecule has 0 atom stereocenters. The zero-order chi connectivity index (χ0) is 10.1. The van der Waals surface area contributed by atoms with Gasteiger partial charge in [0, 0.05) is 13.0 Å². The van der Waals surface area contributed by atoms with Crippen LogP contribution in [0.5, 0.6) is 0 Å². The van der Waals surface area contributed by atoms with Gasteiger partial charge in [0.15, 0.2) is 0 Å². The number of nitrogens with zero attached hydrogens (tertiary/aromatic N) is 1. The van der Waals surface area contributed by atoms with Crippen LogP contribution >= 0.6 is 0 Å². The average molecular weight is 196 g/mol. The van der Waals surface area contributed by atoms with Crippen molar-refractivity contribution in [3.05, 3.63) is 29.8 Å². The van der Waals surface area contributed by atoms with Crippen LogP contribution in [0.4, 0.5) is 14.5 Å². The van der Waals surface area contributed by atoms with Gasteiger partial charge in [-0.05, 0) is 18.6 Å². The maximum absolute atomic E-state index is 13.3. The third kappa shape index (κ3) is 1.36. The number of anilines is 1. The zero-order valence-electron chi connectivity index (χ0n) is 7.56. The van der Waals surface area contributed by atoms with Gasteiger partial charge in [-0.2, -0.15) is 0 Å². The van der Waals surface area contributed by atoms with Crippen LogP contribution in [0.3, 0.4) is 0 Å². The predicted molar refractivity (Wildman–Crippen MR) is 50.7 cm³/mol. The molecule has 1 saturated heterocycles. The van der Waals surface area contributed by atoms with Crippen molar-refractivity contribution >= 4 is 11.5 Å². The number of amidine groups is 1. The van der Waals surface area contributed by atoms with E-state index in [1.54, 1.807) is 0 Å². The van der Waals surface area contributed by atoms with Crippen LogP contribution in [0.25, 0.3) is 0 Å². The topological polar surface area (TPSA) is 27.1 Å². The minimum Gasteiger partial charge on any atom is -0.325 e. The molecule has 1 heterocycles. The Morgan fingerprint density at radius 2 is 1.86 bits per heavy atom. The van der Waals surface area contributed by atoms with Crippen LogP contribution in [0, 0.1) is 17.0 Å². The van der Waals surface area contributed by atoms with E-state index in [2.05, 4.69) is 0 Å². The minimum atomic E-state index is -0.600. The Labute approximate surface area is 80.7 Å². The highest BCUT2D eigenvalue weighted by Crippen LogP contribution is 2.27. The van der Waals surface area contributed by atoms with Gasteiger partial charge in [0.2, 0.25) is 0 Å². The second-order valence-corrected chi connectivity index (χ2v) is 3.27. The lowest BCUT2D eigenvalue weighted by Crippen LogP contribution is -2.25. The summed E-state index contributed by atoms with van der Waals surface area (Å²) in [5.74, 6) is -0.915. The van der Waals surface area contributed by atoms with Gasteiger partial charge in [0.25, 0.3) is 0 Å². The van der Waals surface area contributed by atoms with E-state index in [4.69, 9.17) is 5.41 Å². The smallest absolute Gasteiger partial charge is 0.149 e. The molecule has 1 aliphatic heterocycles. The molecule has 0 unspecified atom stereocenters. The van der Waals surface area contributed by atoms with Gasteiger partial charge in [0.1, 0.15) is 23.2 Å². The Bertz CT molecular complexity index is 356. The Kier molecular flexibility index (Phi) is 2.19. The normalized spacial score (nSPS) is 16.4. The molecule has 2 rings (SSSR count). The van der Waals surface area contributed by atoms with E-state index in [1.165, 1.54) is 23.1 Å². The first kappa shape index (κ1) is 9.12. The molecule has 4 heteroatoms. The Balaban J connectivity index is 2.44. The highest BCUT2D eigenvalue weighted by Gasteiger charge is 2.23. The molecule has 0 bridgehead atoms. The van der Waals surface area contributed by atoms with Gasteiger partial charge in [-0.25, -0.2) is 8.78 Å². The Morgan fingerprint density at radius 3 is 2.36 bits per heavy atom. The Morgan fingerprint density at radius 1 is 1.21 bits per heavy atom. The maximum atomic E-state index is 13.3. The zero-order valence-corrected chi connectivity index (χ0v) is 7.56. The van der Waals surface area contributed by atoms with Crippen LogP contribution in [0.1, 0.15) is 12.8 Å². The van der Waals surface area contributed by atoms with Crippen molar-refractivity contribution in [3.63, 3.8) is 0 Å². The molecule has 14 heavy (non-hydrogen) atoms. The molecule has 1 aromatic rings.